The highest BCUT2D eigenvalue weighted by Crippen LogP contribution is 2.29. The van der Waals surface area contributed by atoms with Gasteiger partial charge in [0.2, 0.25) is 5.91 Å². The van der Waals surface area contributed by atoms with Crippen LogP contribution >= 0.6 is 39.1 Å². The van der Waals surface area contributed by atoms with Gasteiger partial charge in [0, 0.05) is 33.8 Å². The van der Waals surface area contributed by atoms with E-state index in [0.29, 0.717) is 21.4 Å². The van der Waals surface area contributed by atoms with E-state index in [-0.39, 0.29) is 18.9 Å². The van der Waals surface area contributed by atoms with Gasteiger partial charge in [-0.1, -0.05) is 23.2 Å². The topological polar surface area (TPSA) is 75.7 Å². The van der Waals surface area contributed by atoms with E-state index in [1.165, 1.54) is 4.90 Å². The number of esters is 1. The zero-order valence-corrected chi connectivity index (χ0v) is 18.5. The molecule has 9 heteroatoms. The van der Waals surface area contributed by atoms with Crippen molar-refractivity contribution in [1.82, 2.24) is 0 Å². The predicted octanol–water partition coefficient (Wildman–Crippen LogP) is 4.60. The van der Waals surface area contributed by atoms with E-state index in [1.54, 1.807) is 36.4 Å². The molecule has 1 heterocycles. The fourth-order valence-electron chi connectivity index (χ4n) is 2.96. The molecule has 0 aromatic heterocycles. The third kappa shape index (κ3) is 5.29. The lowest BCUT2D eigenvalue weighted by molar-refractivity contribution is -0.151. The van der Waals surface area contributed by atoms with Crippen LogP contribution in [0.1, 0.15) is 12.0 Å². The maximum absolute atomic E-state index is 12.3. The highest BCUT2D eigenvalue weighted by atomic mass is 79.9. The molecule has 0 bridgehead atoms. The van der Waals surface area contributed by atoms with Crippen molar-refractivity contribution < 1.29 is 19.1 Å². The second kappa shape index (κ2) is 9.15. The van der Waals surface area contributed by atoms with Gasteiger partial charge >= 0.3 is 5.97 Å². The van der Waals surface area contributed by atoms with E-state index in [9.17, 15) is 14.4 Å². The number of hydrogen-bond donors (Lipinski definition) is 1. The molecule has 29 heavy (non-hydrogen) atoms. The van der Waals surface area contributed by atoms with Crippen LogP contribution in [0.4, 0.5) is 11.4 Å². The molecule has 0 spiro atoms. The Morgan fingerprint density at radius 2 is 1.93 bits per heavy atom. The molecule has 0 saturated carbocycles. The molecular formula is C20H17BrCl2N2O4. The molecule has 2 aromatic rings. The first-order valence-electron chi connectivity index (χ1n) is 8.72. The third-order valence-corrected chi connectivity index (χ3v) is 5.93. The maximum atomic E-state index is 12.3. The zero-order valence-electron chi connectivity index (χ0n) is 15.4. The largest absolute Gasteiger partial charge is 0.455 e. The van der Waals surface area contributed by atoms with Crippen molar-refractivity contribution >= 4 is 68.3 Å². The highest BCUT2D eigenvalue weighted by molar-refractivity contribution is 9.10. The van der Waals surface area contributed by atoms with Gasteiger partial charge in [0.25, 0.3) is 5.91 Å². The number of hydrogen-bond acceptors (Lipinski definition) is 4. The van der Waals surface area contributed by atoms with Crippen molar-refractivity contribution in [1.29, 1.82) is 0 Å². The monoisotopic (exact) mass is 498 g/mol. The molecule has 1 saturated heterocycles. The van der Waals surface area contributed by atoms with Crippen molar-refractivity contribution in [3.63, 3.8) is 0 Å². The molecule has 1 aliphatic rings. The van der Waals surface area contributed by atoms with Crippen molar-refractivity contribution in [2.24, 2.45) is 5.92 Å². The lowest BCUT2D eigenvalue weighted by atomic mass is 10.1. The number of ether oxygens (including phenoxy) is 1. The Hall–Kier alpha value is -2.09. The molecule has 0 radical (unpaired) electrons. The minimum Gasteiger partial charge on any atom is -0.455 e. The Balaban J connectivity index is 1.54. The average molecular weight is 500 g/mol. The molecule has 1 fully saturated rings. The van der Waals surface area contributed by atoms with Gasteiger partial charge in [-0.2, -0.15) is 0 Å². The van der Waals surface area contributed by atoms with Crippen LogP contribution in [0.2, 0.25) is 10.0 Å². The number of nitrogens with zero attached hydrogens (tertiary/aromatic N) is 1. The zero-order chi connectivity index (χ0) is 21.1. The first-order valence-corrected chi connectivity index (χ1v) is 10.3. The number of amides is 2. The van der Waals surface area contributed by atoms with Gasteiger partial charge in [-0.3, -0.25) is 14.4 Å². The first kappa shape index (κ1) is 21.6. The van der Waals surface area contributed by atoms with Crippen LogP contribution in [0.3, 0.4) is 0 Å². The highest BCUT2D eigenvalue weighted by Gasteiger charge is 2.36. The second-order valence-corrected chi connectivity index (χ2v) is 8.32. The van der Waals surface area contributed by atoms with Gasteiger partial charge in [-0.25, -0.2) is 0 Å². The van der Waals surface area contributed by atoms with Crippen LogP contribution in [0.5, 0.6) is 0 Å². The fraction of sp³-hybridized carbons (Fsp3) is 0.250. The summed E-state index contributed by atoms with van der Waals surface area (Å²) < 4.78 is 5.83. The Bertz CT molecular complexity index is 966. The third-order valence-electron chi connectivity index (χ3n) is 4.48. The van der Waals surface area contributed by atoms with E-state index in [4.69, 9.17) is 27.9 Å². The van der Waals surface area contributed by atoms with Crippen LogP contribution in [0.25, 0.3) is 0 Å². The van der Waals surface area contributed by atoms with Crippen LogP contribution < -0.4 is 10.2 Å². The number of carbonyl (C=O) groups excluding carboxylic acids is 3. The van der Waals surface area contributed by atoms with E-state index in [1.807, 2.05) is 6.92 Å². The van der Waals surface area contributed by atoms with Gasteiger partial charge < -0.3 is 15.0 Å². The van der Waals surface area contributed by atoms with E-state index >= 15 is 0 Å². The quantitative estimate of drug-likeness (QED) is 0.610. The van der Waals surface area contributed by atoms with Crippen LogP contribution in [-0.4, -0.2) is 30.9 Å². The minimum absolute atomic E-state index is 0.0322. The number of carbonyl (C=O) groups is 3. The molecular weight excluding hydrogens is 483 g/mol. The normalized spacial score (nSPS) is 16.1. The molecule has 0 unspecified atom stereocenters. The molecule has 152 valence electrons. The summed E-state index contributed by atoms with van der Waals surface area (Å²) in [6.45, 7) is 1.57. The Kier molecular flexibility index (Phi) is 6.82. The molecule has 1 N–H and O–H groups in total. The summed E-state index contributed by atoms with van der Waals surface area (Å²) in [6.07, 6.45) is 0.0322. The molecule has 6 nitrogen and oxygen atoms in total. The first-order chi connectivity index (χ1) is 13.7. The number of nitrogens with one attached hydrogen (secondary N) is 1. The molecule has 0 aliphatic carbocycles. The fourth-order valence-corrected chi connectivity index (χ4v) is 3.71. The lowest BCUT2D eigenvalue weighted by Crippen LogP contribution is -2.28. The number of benzene rings is 2. The van der Waals surface area contributed by atoms with Crippen molar-refractivity contribution in [3.8, 4) is 0 Å². The van der Waals surface area contributed by atoms with Gasteiger partial charge in [-0.15, -0.1) is 0 Å². The molecule has 2 aromatic carbocycles. The van der Waals surface area contributed by atoms with Crippen LogP contribution in [-0.2, 0) is 19.1 Å². The summed E-state index contributed by atoms with van der Waals surface area (Å²) in [5, 5.41) is 3.67. The van der Waals surface area contributed by atoms with Crippen molar-refractivity contribution in [2.75, 3.05) is 23.4 Å². The van der Waals surface area contributed by atoms with Crippen LogP contribution in [0.15, 0.2) is 40.9 Å². The number of aryl methyl sites for hydroxylation is 1. The van der Waals surface area contributed by atoms with E-state index < -0.39 is 24.4 Å². The van der Waals surface area contributed by atoms with Gasteiger partial charge in [-0.05, 0) is 64.8 Å². The molecule has 3 rings (SSSR count). The molecule has 1 aliphatic heterocycles. The van der Waals surface area contributed by atoms with Gasteiger partial charge in [0.05, 0.1) is 10.9 Å². The van der Waals surface area contributed by atoms with Crippen molar-refractivity contribution in [3.05, 3.63) is 56.5 Å². The molecule has 1 atom stereocenters. The Labute approximate surface area is 186 Å². The smallest absolute Gasteiger partial charge is 0.311 e. The number of anilines is 2. The minimum atomic E-state index is -0.630. The van der Waals surface area contributed by atoms with Crippen molar-refractivity contribution in [2.45, 2.75) is 13.3 Å². The summed E-state index contributed by atoms with van der Waals surface area (Å²) in [4.78, 5) is 38.2. The Morgan fingerprint density at radius 3 is 2.62 bits per heavy atom. The summed E-state index contributed by atoms with van der Waals surface area (Å²) in [6, 6.07) is 10.2. The molecule has 2 amide bonds. The number of halogens is 3. The van der Waals surface area contributed by atoms with E-state index in [2.05, 4.69) is 21.2 Å². The lowest BCUT2D eigenvalue weighted by Gasteiger charge is -2.16. The number of rotatable bonds is 5. The predicted molar refractivity (Wildman–Crippen MR) is 115 cm³/mol. The van der Waals surface area contributed by atoms with Gasteiger partial charge in [0.1, 0.15) is 0 Å². The van der Waals surface area contributed by atoms with E-state index in [0.717, 1.165) is 10.0 Å². The summed E-state index contributed by atoms with van der Waals surface area (Å²) >= 11 is 15.2. The summed E-state index contributed by atoms with van der Waals surface area (Å²) in [5.41, 5.74) is 2.00. The standard InChI is InChI=1S/C20H17BrCl2N2O4/c1-11-6-15(21)16(23)8-17(11)24-18(26)10-29-20(28)12-7-19(27)25(9-12)14-4-2-13(22)3-5-14/h2-6,8,12H,7,9-10H2,1H3,(H,24,26)/t12-/m0/s1. The van der Waals surface area contributed by atoms with Gasteiger partial charge in [0.15, 0.2) is 6.61 Å². The Morgan fingerprint density at radius 1 is 1.24 bits per heavy atom. The second-order valence-electron chi connectivity index (χ2n) is 6.62. The maximum Gasteiger partial charge on any atom is 0.311 e. The summed E-state index contributed by atoms with van der Waals surface area (Å²) in [5.74, 6) is -1.89. The SMILES string of the molecule is Cc1cc(Br)c(Cl)cc1NC(=O)COC(=O)[C@H]1CC(=O)N(c2ccc(Cl)cc2)C1. The average Bonchev–Trinajstić information content (AvgIpc) is 3.06. The van der Waals surface area contributed by atoms with Crippen LogP contribution in [0, 0.1) is 12.8 Å². The summed E-state index contributed by atoms with van der Waals surface area (Å²) in [7, 11) is 0.